The molecule has 0 amide bonds. The maximum Gasteiger partial charge on any atom is 0.312 e. The molecule has 1 fully saturated rings. The Balaban J connectivity index is 1.79. The van der Waals surface area contributed by atoms with Gasteiger partial charge in [-0.15, -0.1) is 0 Å². The van der Waals surface area contributed by atoms with E-state index >= 15 is 0 Å². The van der Waals surface area contributed by atoms with Crippen LogP contribution < -0.4 is 4.74 Å². The molecule has 1 aromatic carbocycles. The molecule has 0 radical (unpaired) electrons. The van der Waals surface area contributed by atoms with Crippen LogP contribution in [-0.4, -0.2) is 23.8 Å². The Kier molecular flexibility index (Phi) is 5.70. The third-order valence-corrected chi connectivity index (χ3v) is 5.52. The molecule has 2 atom stereocenters. The Labute approximate surface area is 170 Å². The van der Waals surface area contributed by atoms with E-state index in [1.807, 2.05) is 0 Å². The first-order valence-electron chi connectivity index (χ1n) is 9.02. The van der Waals surface area contributed by atoms with Crippen LogP contribution in [0.15, 0.2) is 48.5 Å². The average molecular weight is 422 g/mol. The van der Waals surface area contributed by atoms with Gasteiger partial charge in [0, 0.05) is 6.07 Å². The normalized spacial score (nSPS) is 19.8. The van der Waals surface area contributed by atoms with Gasteiger partial charge in [-0.05, 0) is 23.6 Å². The Morgan fingerprint density at radius 3 is 2.23 bits per heavy atom. The summed E-state index contributed by atoms with van der Waals surface area (Å²) in [5, 5.41) is 9.39. The van der Waals surface area contributed by atoms with Gasteiger partial charge in [-0.25, -0.2) is 22.5 Å². The summed E-state index contributed by atoms with van der Waals surface area (Å²) < 4.78 is 64.4. The van der Waals surface area contributed by atoms with Gasteiger partial charge >= 0.3 is 5.97 Å². The number of hydrogen-bond acceptors (Lipinski definition) is 5. The Morgan fingerprint density at radius 2 is 1.70 bits per heavy atom. The number of nitrogens with zero attached hydrogens (tertiary/aromatic N) is 2. The Morgan fingerprint density at radius 1 is 1.07 bits per heavy atom. The highest BCUT2D eigenvalue weighted by Gasteiger charge is 2.84. The number of pyridine rings is 1. The molecule has 1 aliphatic rings. The van der Waals surface area contributed by atoms with Crippen molar-refractivity contribution in [1.82, 2.24) is 4.98 Å². The standard InChI is InChI=1S/C21H18F4N2O3/c1-20(2)16(21(20,18(22)23)19(24)25)17(28)30-14(11-26)13-9-6-10-15(27-13)29-12-7-4-3-5-8-12/h3-10,14,16,18-19H,1-2H3. The summed E-state index contributed by atoms with van der Waals surface area (Å²) in [6.07, 6.45) is -8.42. The maximum atomic E-state index is 13.5. The number of benzene rings is 1. The summed E-state index contributed by atoms with van der Waals surface area (Å²) in [6, 6.07) is 14.7. The molecular weight excluding hydrogens is 404 g/mol. The van der Waals surface area contributed by atoms with E-state index in [4.69, 9.17) is 9.47 Å². The van der Waals surface area contributed by atoms with Crippen molar-refractivity contribution in [2.24, 2.45) is 16.7 Å². The van der Waals surface area contributed by atoms with Crippen molar-refractivity contribution in [3.8, 4) is 17.7 Å². The molecule has 1 heterocycles. The van der Waals surface area contributed by atoms with Crippen molar-refractivity contribution in [1.29, 1.82) is 5.26 Å². The highest BCUT2D eigenvalue weighted by atomic mass is 19.3. The molecule has 3 rings (SSSR count). The number of rotatable bonds is 7. The minimum absolute atomic E-state index is 0.0163. The van der Waals surface area contributed by atoms with Crippen molar-refractivity contribution in [2.75, 3.05) is 0 Å². The highest BCUT2D eigenvalue weighted by molar-refractivity contribution is 5.80. The van der Waals surface area contributed by atoms with Crippen molar-refractivity contribution < 1.29 is 31.8 Å². The molecule has 1 saturated carbocycles. The lowest BCUT2D eigenvalue weighted by Gasteiger charge is -2.18. The van der Waals surface area contributed by atoms with E-state index in [-0.39, 0.29) is 11.6 Å². The summed E-state index contributed by atoms with van der Waals surface area (Å²) >= 11 is 0. The highest BCUT2D eigenvalue weighted by Crippen LogP contribution is 2.74. The van der Waals surface area contributed by atoms with Gasteiger partial charge in [-0.2, -0.15) is 5.26 Å². The van der Waals surface area contributed by atoms with E-state index in [2.05, 4.69) is 4.98 Å². The van der Waals surface area contributed by atoms with E-state index in [1.165, 1.54) is 18.2 Å². The molecule has 0 spiro atoms. The molecule has 1 aliphatic carbocycles. The van der Waals surface area contributed by atoms with Gasteiger partial charge < -0.3 is 9.47 Å². The SMILES string of the molecule is CC1(C)C(C(=O)OC(C#N)c2cccc(Oc3ccccc3)n2)C1(C(F)F)C(F)F. The predicted octanol–water partition coefficient (Wildman–Crippen LogP) is 5.15. The summed E-state index contributed by atoms with van der Waals surface area (Å²) in [5.74, 6) is -2.45. The minimum atomic E-state index is -3.42. The van der Waals surface area contributed by atoms with E-state index in [0.717, 1.165) is 13.8 Å². The van der Waals surface area contributed by atoms with Crippen LogP contribution in [0.3, 0.4) is 0 Å². The Hall–Kier alpha value is -3.15. The van der Waals surface area contributed by atoms with Crippen LogP contribution >= 0.6 is 0 Å². The van der Waals surface area contributed by atoms with Crippen LogP contribution in [0.4, 0.5) is 17.6 Å². The van der Waals surface area contributed by atoms with Crippen LogP contribution in [0.5, 0.6) is 11.6 Å². The molecule has 30 heavy (non-hydrogen) atoms. The number of ether oxygens (including phenoxy) is 2. The predicted molar refractivity (Wildman–Crippen MR) is 96.9 cm³/mol. The molecule has 158 valence electrons. The van der Waals surface area contributed by atoms with E-state index in [0.29, 0.717) is 5.75 Å². The van der Waals surface area contributed by atoms with Gasteiger partial charge in [-0.1, -0.05) is 38.1 Å². The number of esters is 1. The molecule has 2 unspecified atom stereocenters. The first kappa shape index (κ1) is 21.6. The van der Waals surface area contributed by atoms with Gasteiger partial charge in [0.1, 0.15) is 17.2 Å². The first-order chi connectivity index (χ1) is 14.2. The quantitative estimate of drug-likeness (QED) is 0.456. The monoisotopic (exact) mass is 422 g/mol. The Bertz CT molecular complexity index is 952. The fraction of sp³-hybridized carbons (Fsp3) is 0.381. The summed E-state index contributed by atoms with van der Waals surface area (Å²) in [6.45, 7) is 2.32. The van der Waals surface area contributed by atoms with Crippen LogP contribution in [0.25, 0.3) is 0 Å². The topological polar surface area (TPSA) is 72.2 Å². The van der Waals surface area contributed by atoms with Gasteiger partial charge in [-0.3, -0.25) is 4.79 Å². The lowest BCUT2D eigenvalue weighted by Crippen LogP contribution is -2.30. The number of alkyl halides is 4. The summed E-state index contributed by atoms with van der Waals surface area (Å²) in [7, 11) is 0. The van der Waals surface area contributed by atoms with Crippen molar-refractivity contribution in [3.63, 3.8) is 0 Å². The molecule has 5 nitrogen and oxygen atoms in total. The smallest absolute Gasteiger partial charge is 0.312 e. The van der Waals surface area contributed by atoms with Gasteiger partial charge in [0.05, 0.1) is 11.6 Å². The summed E-state index contributed by atoms with van der Waals surface area (Å²) in [5.41, 5.74) is -4.51. The fourth-order valence-electron chi connectivity index (χ4n) is 3.81. The molecule has 9 heteroatoms. The van der Waals surface area contributed by atoms with Gasteiger partial charge in [0.15, 0.2) is 0 Å². The second-order valence-corrected chi connectivity index (χ2v) is 7.45. The zero-order valence-electron chi connectivity index (χ0n) is 16.1. The molecule has 1 aromatic heterocycles. The molecule has 0 saturated heterocycles. The number of carbonyl (C=O) groups excluding carboxylic acids is 1. The summed E-state index contributed by atoms with van der Waals surface area (Å²) in [4.78, 5) is 16.6. The lowest BCUT2D eigenvalue weighted by molar-refractivity contribution is -0.153. The zero-order valence-corrected chi connectivity index (χ0v) is 16.1. The van der Waals surface area contributed by atoms with Crippen LogP contribution in [-0.2, 0) is 9.53 Å². The number of nitriles is 1. The number of halogens is 4. The van der Waals surface area contributed by atoms with Crippen LogP contribution in [0.2, 0.25) is 0 Å². The number of para-hydroxylation sites is 1. The van der Waals surface area contributed by atoms with E-state index < -0.39 is 41.7 Å². The van der Waals surface area contributed by atoms with Crippen LogP contribution in [0, 0.1) is 28.1 Å². The molecule has 0 aliphatic heterocycles. The molecule has 0 bridgehead atoms. The second kappa shape index (κ2) is 7.94. The third kappa shape index (κ3) is 3.47. The number of hydrogen-bond donors (Lipinski definition) is 0. The minimum Gasteiger partial charge on any atom is -0.440 e. The molecular formula is C21H18F4N2O3. The molecule has 2 aromatic rings. The van der Waals surface area contributed by atoms with E-state index in [1.54, 1.807) is 36.4 Å². The second-order valence-electron chi connectivity index (χ2n) is 7.45. The number of aromatic nitrogens is 1. The van der Waals surface area contributed by atoms with Crippen LogP contribution in [0.1, 0.15) is 25.6 Å². The lowest BCUT2D eigenvalue weighted by atomic mass is 9.97. The van der Waals surface area contributed by atoms with Gasteiger partial charge in [0.25, 0.3) is 12.9 Å². The first-order valence-corrected chi connectivity index (χ1v) is 9.02. The van der Waals surface area contributed by atoms with Gasteiger partial charge in [0.2, 0.25) is 12.0 Å². The van der Waals surface area contributed by atoms with Crippen molar-refractivity contribution in [3.05, 3.63) is 54.2 Å². The zero-order chi connectivity index (χ0) is 22.1. The fourth-order valence-corrected chi connectivity index (χ4v) is 3.81. The number of carbonyl (C=O) groups is 1. The average Bonchev–Trinajstić information content (AvgIpc) is 3.25. The third-order valence-electron chi connectivity index (χ3n) is 5.52. The molecule has 0 N–H and O–H groups in total. The largest absolute Gasteiger partial charge is 0.440 e. The van der Waals surface area contributed by atoms with Crippen molar-refractivity contribution >= 4 is 5.97 Å². The van der Waals surface area contributed by atoms with Crippen molar-refractivity contribution in [2.45, 2.75) is 32.8 Å². The van der Waals surface area contributed by atoms with E-state index in [9.17, 15) is 27.6 Å². The maximum absolute atomic E-state index is 13.5.